The lowest BCUT2D eigenvalue weighted by atomic mass is 9.72. The fourth-order valence-corrected chi connectivity index (χ4v) is 4.79. The summed E-state index contributed by atoms with van der Waals surface area (Å²) in [6.07, 6.45) is 4.93. The Bertz CT molecular complexity index is 1260. The van der Waals surface area contributed by atoms with Crippen molar-refractivity contribution in [2.45, 2.75) is 38.3 Å². The highest BCUT2D eigenvalue weighted by Gasteiger charge is 2.43. The molecule has 1 unspecified atom stereocenters. The second kappa shape index (κ2) is 8.04. The largest absolute Gasteiger partial charge is 0.418 e. The van der Waals surface area contributed by atoms with E-state index in [4.69, 9.17) is 0 Å². The molecule has 5 nitrogen and oxygen atoms in total. The van der Waals surface area contributed by atoms with E-state index in [1.165, 1.54) is 17.5 Å². The molecule has 5 rings (SSSR count). The maximum Gasteiger partial charge on any atom is 0.418 e. The van der Waals surface area contributed by atoms with Crippen molar-refractivity contribution >= 4 is 5.69 Å². The van der Waals surface area contributed by atoms with Crippen LogP contribution in [0.1, 0.15) is 43.5 Å². The molecule has 1 saturated carbocycles. The molecule has 3 aliphatic rings. The molecule has 176 valence electrons. The number of hydrogen-bond acceptors (Lipinski definition) is 4. The van der Waals surface area contributed by atoms with Crippen LogP contribution in [0.5, 0.6) is 0 Å². The summed E-state index contributed by atoms with van der Waals surface area (Å²) in [7, 11) is 1.94. The van der Waals surface area contributed by atoms with E-state index in [0.29, 0.717) is 22.9 Å². The Morgan fingerprint density at radius 3 is 2.53 bits per heavy atom. The van der Waals surface area contributed by atoms with E-state index >= 15 is 0 Å². The maximum absolute atomic E-state index is 13.9. The van der Waals surface area contributed by atoms with Crippen LogP contribution in [0.25, 0.3) is 0 Å². The second-order valence-corrected chi connectivity index (χ2v) is 9.15. The lowest BCUT2D eigenvalue weighted by Crippen LogP contribution is -2.26. The monoisotopic (exact) mass is 465 g/mol. The highest BCUT2D eigenvalue weighted by atomic mass is 19.4. The number of rotatable bonds is 5. The summed E-state index contributed by atoms with van der Waals surface area (Å²) in [4.78, 5) is 3.20. The van der Waals surface area contributed by atoms with E-state index in [1.807, 2.05) is 29.8 Å². The van der Waals surface area contributed by atoms with Crippen molar-refractivity contribution in [2.75, 3.05) is 4.90 Å². The molecule has 1 fully saturated rings. The van der Waals surface area contributed by atoms with E-state index in [9.17, 15) is 13.2 Å². The number of halogens is 3. The minimum atomic E-state index is -4.50. The van der Waals surface area contributed by atoms with Crippen LogP contribution >= 0.6 is 0 Å². The van der Waals surface area contributed by atoms with Crippen molar-refractivity contribution in [3.8, 4) is 0 Å². The van der Waals surface area contributed by atoms with Crippen molar-refractivity contribution in [3.63, 3.8) is 0 Å². The minimum absolute atomic E-state index is 0.0525. The second-order valence-electron chi connectivity index (χ2n) is 9.15. The van der Waals surface area contributed by atoms with Gasteiger partial charge in [0.15, 0.2) is 0 Å². The molecule has 0 N–H and O–H groups in total. The molecule has 0 amide bonds. The van der Waals surface area contributed by atoms with Crippen LogP contribution in [0, 0.1) is 5.92 Å². The molecule has 34 heavy (non-hydrogen) atoms. The molecule has 0 saturated heterocycles. The van der Waals surface area contributed by atoms with Crippen LogP contribution in [0.15, 0.2) is 90.5 Å². The predicted octanol–water partition coefficient (Wildman–Crippen LogP) is 6.14. The highest BCUT2D eigenvalue weighted by Crippen LogP contribution is 2.46. The van der Waals surface area contributed by atoms with E-state index in [2.05, 4.69) is 29.4 Å². The molecule has 2 aliphatic heterocycles. The number of aryl methyl sites for hydroxylation is 1. The molecule has 0 spiro atoms. The smallest absolute Gasteiger partial charge is 0.320 e. The van der Waals surface area contributed by atoms with Gasteiger partial charge in [-0.25, -0.2) is 0 Å². The first kappa shape index (κ1) is 22.3. The lowest BCUT2D eigenvalue weighted by Gasteiger charge is -2.34. The van der Waals surface area contributed by atoms with Gasteiger partial charge in [-0.2, -0.15) is 13.2 Å². The van der Waals surface area contributed by atoms with Gasteiger partial charge < -0.3 is 14.4 Å². The first-order valence-electron chi connectivity index (χ1n) is 11.2. The Hall–Kier alpha value is -3.55. The molecule has 1 aliphatic carbocycles. The van der Waals surface area contributed by atoms with Gasteiger partial charge in [-0.05, 0) is 60.6 Å². The van der Waals surface area contributed by atoms with E-state index in [-0.39, 0.29) is 11.6 Å². The third kappa shape index (κ3) is 3.67. The zero-order chi connectivity index (χ0) is 24.2. The summed E-state index contributed by atoms with van der Waals surface area (Å²) in [5, 5.41) is 8.44. The lowest BCUT2D eigenvalue weighted by molar-refractivity contribution is -0.0908. The van der Waals surface area contributed by atoms with Crippen molar-refractivity contribution in [1.82, 2.24) is 19.7 Å². The summed E-state index contributed by atoms with van der Waals surface area (Å²) in [5.74, 6) is 1.87. The number of hydrogen-bond donors (Lipinski definition) is 0. The van der Waals surface area contributed by atoms with E-state index in [1.54, 1.807) is 24.4 Å². The van der Waals surface area contributed by atoms with Crippen molar-refractivity contribution in [3.05, 3.63) is 102 Å². The first-order valence-corrected chi connectivity index (χ1v) is 11.2. The van der Waals surface area contributed by atoms with Gasteiger partial charge in [-0.1, -0.05) is 31.7 Å². The Kier molecular flexibility index (Phi) is 5.26. The quantitative estimate of drug-likeness (QED) is 0.531. The molecule has 8 heteroatoms. The summed E-state index contributed by atoms with van der Waals surface area (Å²) < 4.78 is 43.7. The highest BCUT2D eigenvalue weighted by molar-refractivity contribution is 5.65. The number of aromatic nitrogens is 3. The maximum atomic E-state index is 13.9. The molecular weight excluding hydrogens is 439 g/mol. The molecular formula is C26H26F3N5. The molecule has 1 aromatic heterocycles. The minimum Gasteiger partial charge on any atom is -0.320 e. The number of alkyl halides is 3. The number of fused-ring (bicyclic) bond motifs is 1. The van der Waals surface area contributed by atoms with Crippen LogP contribution in [0.2, 0.25) is 0 Å². The fourth-order valence-electron chi connectivity index (χ4n) is 4.79. The van der Waals surface area contributed by atoms with Gasteiger partial charge in [0.1, 0.15) is 18.0 Å². The Labute approximate surface area is 196 Å². The normalized spacial score (nSPS) is 19.3. The average molecular weight is 466 g/mol. The molecule has 0 radical (unpaired) electrons. The SMILES string of the molecule is C=C(C)C1=CN2C(=C)N(c3cccc(C(c4nncn4C)C4CCC4)c3)C=C2C(C(F)(F)F)=C1. The summed E-state index contributed by atoms with van der Waals surface area (Å²) >= 11 is 0. The van der Waals surface area contributed by atoms with Crippen LogP contribution in [0.4, 0.5) is 18.9 Å². The summed E-state index contributed by atoms with van der Waals surface area (Å²) in [5.41, 5.74) is 2.15. The topological polar surface area (TPSA) is 37.2 Å². The third-order valence-electron chi connectivity index (χ3n) is 6.86. The van der Waals surface area contributed by atoms with Gasteiger partial charge in [0.25, 0.3) is 0 Å². The predicted molar refractivity (Wildman–Crippen MR) is 125 cm³/mol. The van der Waals surface area contributed by atoms with Crippen molar-refractivity contribution in [2.24, 2.45) is 13.0 Å². The molecule has 0 bridgehead atoms. The van der Waals surface area contributed by atoms with E-state index in [0.717, 1.165) is 36.0 Å². The number of allylic oxidation sites excluding steroid dienone is 4. The van der Waals surface area contributed by atoms with Gasteiger partial charge in [0.05, 0.1) is 11.3 Å². The number of anilines is 1. The Morgan fingerprint density at radius 1 is 1.18 bits per heavy atom. The zero-order valence-electron chi connectivity index (χ0n) is 19.2. The standard InChI is InChI=1S/C26H26F3N5/c1-16(2)20-12-22(26(27,28)29)23-14-33(17(3)34(23)13-20)21-10-6-9-19(11-21)24(18-7-5-8-18)25-31-30-15-32(25)4/h6,9-15,18,24H,1,3,5,7-8H2,2,4H3. The van der Waals surface area contributed by atoms with Gasteiger partial charge in [0, 0.05) is 31.1 Å². The van der Waals surface area contributed by atoms with Crippen LogP contribution in [-0.2, 0) is 7.05 Å². The van der Waals surface area contributed by atoms with Crippen LogP contribution in [-0.4, -0.2) is 25.8 Å². The summed E-state index contributed by atoms with van der Waals surface area (Å²) in [6, 6.07) is 7.91. The Balaban J connectivity index is 1.55. The van der Waals surface area contributed by atoms with Gasteiger partial charge in [-0.15, -0.1) is 10.2 Å². The van der Waals surface area contributed by atoms with Crippen LogP contribution < -0.4 is 4.90 Å². The Morgan fingerprint density at radius 2 is 1.94 bits per heavy atom. The van der Waals surface area contributed by atoms with Gasteiger partial charge >= 0.3 is 6.18 Å². The fraction of sp³-hybridized carbons (Fsp3) is 0.308. The summed E-state index contributed by atoms with van der Waals surface area (Å²) in [6.45, 7) is 9.63. The van der Waals surface area contributed by atoms with Gasteiger partial charge in [-0.3, -0.25) is 0 Å². The molecule has 1 aromatic carbocycles. The number of benzene rings is 1. The average Bonchev–Trinajstić information content (AvgIpc) is 3.32. The van der Waals surface area contributed by atoms with E-state index < -0.39 is 11.7 Å². The molecule has 2 aromatic rings. The molecule has 3 heterocycles. The third-order valence-corrected chi connectivity index (χ3v) is 6.86. The zero-order valence-corrected chi connectivity index (χ0v) is 19.2. The molecule has 1 atom stereocenters. The van der Waals surface area contributed by atoms with Crippen molar-refractivity contribution < 1.29 is 13.2 Å². The van der Waals surface area contributed by atoms with Crippen LogP contribution in [0.3, 0.4) is 0 Å². The first-order chi connectivity index (χ1) is 16.1. The number of nitrogens with zero attached hydrogens (tertiary/aromatic N) is 5. The van der Waals surface area contributed by atoms with Crippen molar-refractivity contribution in [1.29, 1.82) is 0 Å². The van der Waals surface area contributed by atoms with Gasteiger partial charge in [0.2, 0.25) is 0 Å².